The van der Waals surface area contributed by atoms with Gasteiger partial charge in [-0.25, -0.2) is 8.42 Å². The minimum absolute atomic E-state index is 0.0902. The summed E-state index contributed by atoms with van der Waals surface area (Å²) in [5.74, 6) is 0.359. The molecule has 0 radical (unpaired) electrons. The average Bonchev–Trinajstić information content (AvgIpc) is 3.17. The Morgan fingerprint density at radius 2 is 1.80 bits per heavy atom. The molecule has 0 bridgehead atoms. The summed E-state index contributed by atoms with van der Waals surface area (Å²) in [7, 11) is -2.31. The van der Waals surface area contributed by atoms with Gasteiger partial charge in [-0.2, -0.15) is 0 Å². The smallest absolute Gasteiger partial charge is 0.262 e. The zero-order chi connectivity index (χ0) is 21.3. The van der Waals surface area contributed by atoms with E-state index < -0.39 is 10.0 Å². The van der Waals surface area contributed by atoms with Crippen molar-refractivity contribution < 1.29 is 17.9 Å². The molecule has 4 rings (SSSR count). The third-order valence-electron chi connectivity index (χ3n) is 5.12. The van der Waals surface area contributed by atoms with Gasteiger partial charge in [-0.1, -0.05) is 24.3 Å². The number of sulfonamides is 1. The maximum atomic E-state index is 13.0. The van der Waals surface area contributed by atoms with E-state index in [9.17, 15) is 13.2 Å². The predicted molar refractivity (Wildman–Crippen MR) is 117 cm³/mol. The van der Waals surface area contributed by atoms with E-state index in [4.69, 9.17) is 4.74 Å². The number of benzene rings is 3. The van der Waals surface area contributed by atoms with Crippen molar-refractivity contribution in [2.24, 2.45) is 0 Å². The molecule has 30 heavy (non-hydrogen) atoms. The van der Waals surface area contributed by atoms with Crippen molar-refractivity contribution >= 4 is 27.3 Å². The van der Waals surface area contributed by atoms with Crippen LogP contribution in [0.25, 0.3) is 0 Å². The van der Waals surface area contributed by atoms with Crippen LogP contribution in [0.5, 0.6) is 5.75 Å². The monoisotopic (exact) mass is 422 g/mol. The Balaban J connectivity index is 1.62. The highest BCUT2D eigenvalue weighted by Gasteiger charge is 2.27. The fourth-order valence-corrected chi connectivity index (χ4v) is 4.71. The molecule has 0 saturated carbocycles. The Labute approximate surface area is 176 Å². The van der Waals surface area contributed by atoms with Gasteiger partial charge in [-0.15, -0.1) is 0 Å². The maximum Gasteiger partial charge on any atom is 0.262 e. The first-order valence-corrected chi connectivity index (χ1v) is 11.0. The second-order valence-corrected chi connectivity index (χ2v) is 8.85. The highest BCUT2D eigenvalue weighted by molar-refractivity contribution is 7.92. The van der Waals surface area contributed by atoms with Gasteiger partial charge in [0.2, 0.25) is 0 Å². The van der Waals surface area contributed by atoms with Gasteiger partial charge in [-0.05, 0) is 66.9 Å². The summed E-state index contributed by atoms with van der Waals surface area (Å²) in [5, 5.41) is 0. The molecule has 6 nitrogen and oxygen atoms in total. The second kappa shape index (κ2) is 7.84. The first kappa shape index (κ1) is 20.0. The van der Waals surface area contributed by atoms with Crippen LogP contribution in [0.1, 0.15) is 21.5 Å². The van der Waals surface area contributed by atoms with Gasteiger partial charge in [0.15, 0.2) is 0 Å². The van der Waals surface area contributed by atoms with Crippen molar-refractivity contribution in [3.8, 4) is 5.75 Å². The topological polar surface area (TPSA) is 75.7 Å². The number of nitrogens with one attached hydrogen (secondary N) is 1. The van der Waals surface area contributed by atoms with Crippen LogP contribution < -0.4 is 14.4 Å². The van der Waals surface area contributed by atoms with Gasteiger partial charge in [-0.3, -0.25) is 9.52 Å². The van der Waals surface area contributed by atoms with E-state index in [0.717, 1.165) is 16.8 Å². The molecule has 0 saturated heterocycles. The first-order valence-electron chi connectivity index (χ1n) is 9.56. The summed E-state index contributed by atoms with van der Waals surface area (Å²) >= 11 is 0. The summed E-state index contributed by atoms with van der Waals surface area (Å²) in [4.78, 5) is 14.7. The Bertz CT molecular complexity index is 1210. The van der Waals surface area contributed by atoms with Crippen LogP contribution in [-0.2, 0) is 16.4 Å². The van der Waals surface area contributed by atoms with Gasteiger partial charge < -0.3 is 9.64 Å². The van der Waals surface area contributed by atoms with Crippen LogP contribution in [0.3, 0.4) is 0 Å². The molecule has 154 valence electrons. The fraction of sp³-hybridized carbons (Fsp3) is 0.174. The molecule has 0 fully saturated rings. The number of nitrogens with zero attached hydrogens (tertiary/aromatic N) is 1. The number of hydrogen-bond donors (Lipinski definition) is 1. The molecule has 1 heterocycles. The first-order chi connectivity index (χ1) is 14.4. The lowest BCUT2D eigenvalue weighted by Gasteiger charge is -2.18. The molecule has 1 aliphatic rings. The van der Waals surface area contributed by atoms with Gasteiger partial charge in [0, 0.05) is 17.8 Å². The zero-order valence-electron chi connectivity index (χ0n) is 16.8. The number of ether oxygens (including phenoxy) is 1. The molecule has 1 N–H and O–H groups in total. The van der Waals surface area contributed by atoms with Crippen molar-refractivity contribution in [2.75, 3.05) is 23.3 Å². The number of methoxy groups -OCH3 is 1. The second-order valence-electron chi connectivity index (χ2n) is 7.17. The summed E-state index contributed by atoms with van der Waals surface area (Å²) < 4.78 is 33.8. The number of fused-ring (bicyclic) bond motifs is 1. The Kier molecular flexibility index (Phi) is 5.22. The Morgan fingerprint density at radius 1 is 1.03 bits per heavy atom. The number of amides is 1. The zero-order valence-corrected chi connectivity index (χ0v) is 17.6. The Hall–Kier alpha value is -3.32. The molecular formula is C23H22N2O4S. The summed E-state index contributed by atoms with van der Waals surface area (Å²) in [6, 6.07) is 19.2. The minimum atomic E-state index is -3.81. The summed E-state index contributed by atoms with van der Waals surface area (Å²) in [6.07, 6.45) is 0.602. The van der Waals surface area contributed by atoms with Crippen LogP contribution in [0.2, 0.25) is 0 Å². The number of aryl methyl sites for hydroxylation is 1. The molecular weight excluding hydrogens is 400 g/mol. The predicted octanol–water partition coefficient (Wildman–Crippen LogP) is 4.01. The molecule has 0 spiro atoms. The highest BCUT2D eigenvalue weighted by atomic mass is 32.2. The van der Waals surface area contributed by atoms with Crippen LogP contribution in [0.15, 0.2) is 71.6 Å². The molecule has 0 atom stereocenters. The van der Waals surface area contributed by atoms with E-state index >= 15 is 0 Å². The van der Waals surface area contributed by atoms with Gasteiger partial charge in [0.1, 0.15) is 5.75 Å². The lowest BCUT2D eigenvalue weighted by Crippen LogP contribution is -2.28. The Morgan fingerprint density at radius 3 is 2.53 bits per heavy atom. The number of anilines is 2. The average molecular weight is 423 g/mol. The van der Waals surface area contributed by atoms with Crippen molar-refractivity contribution in [1.82, 2.24) is 0 Å². The van der Waals surface area contributed by atoms with Crippen LogP contribution in [-0.4, -0.2) is 28.0 Å². The molecule has 1 aliphatic heterocycles. The molecule has 3 aromatic rings. The summed E-state index contributed by atoms with van der Waals surface area (Å²) in [6.45, 7) is 2.40. The summed E-state index contributed by atoms with van der Waals surface area (Å²) in [5.41, 5.74) is 3.49. The normalized spacial score (nSPS) is 13.1. The van der Waals surface area contributed by atoms with Crippen LogP contribution >= 0.6 is 0 Å². The highest BCUT2D eigenvalue weighted by Crippen LogP contribution is 2.33. The minimum Gasteiger partial charge on any atom is -0.495 e. The lowest BCUT2D eigenvalue weighted by atomic mass is 10.1. The molecule has 7 heteroatoms. The molecule has 1 amide bonds. The number of carbonyl (C=O) groups excluding carboxylic acids is 1. The van der Waals surface area contributed by atoms with E-state index in [1.165, 1.54) is 13.2 Å². The van der Waals surface area contributed by atoms with Crippen molar-refractivity contribution in [3.63, 3.8) is 0 Å². The van der Waals surface area contributed by atoms with E-state index in [-0.39, 0.29) is 10.8 Å². The van der Waals surface area contributed by atoms with Gasteiger partial charge in [0.05, 0.1) is 17.7 Å². The van der Waals surface area contributed by atoms with E-state index in [1.807, 2.05) is 31.2 Å². The maximum absolute atomic E-state index is 13.0. The van der Waals surface area contributed by atoms with E-state index in [1.54, 1.807) is 41.3 Å². The fourth-order valence-electron chi connectivity index (χ4n) is 3.60. The third kappa shape index (κ3) is 3.76. The van der Waals surface area contributed by atoms with Crippen molar-refractivity contribution in [3.05, 3.63) is 83.4 Å². The standard InChI is InChI=1S/C23H22N2O4S/c1-16-8-11-22(29-2)20(14-16)24-30(27,28)19-9-10-21-18(15-19)12-13-25(21)23(26)17-6-4-3-5-7-17/h3-11,14-15,24H,12-13H2,1-2H3. The van der Waals surface area contributed by atoms with Gasteiger partial charge >= 0.3 is 0 Å². The molecule has 3 aromatic carbocycles. The largest absolute Gasteiger partial charge is 0.495 e. The van der Waals surface area contributed by atoms with Crippen LogP contribution in [0, 0.1) is 6.92 Å². The van der Waals surface area contributed by atoms with Crippen molar-refractivity contribution in [2.45, 2.75) is 18.2 Å². The molecule has 0 aromatic heterocycles. The van der Waals surface area contributed by atoms with E-state index in [0.29, 0.717) is 30.0 Å². The number of carbonyl (C=O) groups is 1. The SMILES string of the molecule is COc1ccc(C)cc1NS(=O)(=O)c1ccc2c(c1)CCN2C(=O)c1ccccc1. The molecule has 0 aliphatic carbocycles. The van der Waals surface area contributed by atoms with E-state index in [2.05, 4.69) is 4.72 Å². The number of hydrogen-bond acceptors (Lipinski definition) is 4. The quantitative estimate of drug-likeness (QED) is 0.674. The van der Waals surface area contributed by atoms with Gasteiger partial charge in [0.25, 0.3) is 15.9 Å². The third-order valence-corrected chi connectivity index (χ3v) is 6.49. The lowest BCUT2D eigenvalue weighted by molar-refractivity contribution is 0.0989. The van der Waals surface area contributed by atoms with Crippen LogP contribution in [0.4, 0.5) is 11.4 Å². The molecule has 0 unspecified atom stereocenters. The van der Waals surface area contributed by atoms with Crippen molar-refractivity contribution in [1.29, 1.82) is 0 Å². The number of rotatable bonds is 5.